The van der Waals surface area contributed by atoms with Crippen LogP contribution in [0.2, 0.25) is 0 Å². The molecule has 0 amide bonds. The number of aromatic nitrogens is 1. The molecule has 0 aliphatic rings. The maximum atomic E-state index is 5.70. The van der Waals surface area contributed by atoms with Gasteiger partial charge < -0.3 is 10.5 Å². The van der Waals surface area contributed by atoms with Gasteiger partial charge in [-0.1, -0.05) is 0 Å². The fourth-order valence-electron chi connectivity index (χ4n) is 1.91. The molecule has 0 fully saturated rings. The van der Waals surface area contributed by atoms with Crippen molar-refractivity contribution in [2.45, 2.75) is 6.92 Å². The van der Waals surface area contributed by atoms with E-state index in [9.17, 15) is 0 Å². The highest BCUT2D eigenvalue weighted by Crippen LogP contribution is 2.32. The van der Waals surface area contributed by atoms with E-state index < -0.39 is 0 Å². The minimum Gasteiger partial charge on any atom is -0.494 e. The van der Waals surface area contributed by atoms with Crippen molar-refractivity contribution in [2.75, 3.05) is 12.3 Å². The summed E-state index contributed by atoms with van der Waals surface area (Å²) in [6.45, 7) is 2.66. The molecule has 1 heterocycles. The van der Waals surface area contributed by atoms with Crippen molar-refractivity contribution in [3.05, 3.63) is 42.5 Å². The second-order valence-corrected chi connectivity index (χ2v) is 5.23. The van der Waals surface area contributed by atoms with Crippen molar-refractivity contribution in [3.63, 3.8) is 0 Å². The van der Waals surface area contributed by atoms with Crippen molar-refractivity contribution >= 4 is 27.2 Å². The molecular formula is C15H14N2OS. The summed E-state index contributed by atoms with van der Waals surface area (Å²) in [5, 5.41) is 1.00. The van der Waals surface area contributed by atoms with E-state index in [0.717, 1.165) is 32.2 Å². The van der Waals surface area contributed by atoms with Crippen LogP contribution in [0.4, 0.5) is 5.69 Å². The molecule has 96 valence electrons. The Balaban J connectivity index is 2.03. The molecule has 19 heavy (non-hydrogen) atoms. The number of fused-ring (bicyclic) bond motifs is 1. The zero-order valence-corrected chi connectivity index (χ0v) is 11.4. The molecule has 4 heteroatoms. The lowest BCUT2D eigenvalue weighted by molar-refractivity contribution is 0.341. The van der Waals surface area contributed by atoms with Crippen LogP contribution >= 0.6 is 11.3 Å². The molecule has 0 aliphatic carbocycles. The van der Waals surface area contributed by atoms with Gasteiger partial charge in [0.25, 0.3) is 0 Å². The van der Waals surface area contributed by atoms with Crippen molar-refractivity contribution in [2.24, 2.45) is 0 Å². The maximum absolute atomic E-state index is 5.70. The second-order valence-electron chi connectivity index (χ2n) is 4.20. The smallest absolute Gasteiger partial charge is 0.124 e. The minimum absolute atomic E-state index is 0.676. The summed E-state index contributed by atoms with van der Waals surface area (Å²) in [7, 11) is 0. The van der Waals surface area contributed by atoms with E-state index in [1.807, 2.05) is 49.4 Å². The van der Waals surface area contributed by atoms with Gasteiger partial charge in [0.05, 0.1) is 16.8 Å². The Morgan fingerprint density at radius 1 is 1.16 bits per heavy atom. The number of benzene rings is 2. The molecule has 0 aliphatic heterocycles. The fraction of sp³-hybridized carbons (Fsp3) is 0.133. The average molecular weight is 270 g/mol. The average Bonchev–Trinajstić information content (AvgIpc) is 2.83. The topological polar surface area (TPSA) is 48.1 Å². The Labute approximate surface area is 115 Å². The maximum Gasteiger partial charge on any atom is 0.124 e. The first-order valence-electron chi connectivity index (χ1n) is 6.15. The van der Waals surface area contributed by atoms with Gasteiger partial charge in [0.15, 0.2) is 0 Å². The standard InChI is InChI=1S/C15H14N2OS/c1-2-18-12-7-8-13-14(9-12)19-15(17-13)10-3-5-11(16)6-4-10/h3-9H,2,16H2,1H3. The van der Waals surface area contributed by atoms with Crippen LogP contribution in [0.5, 0.6) is 5.75 Å². The van der Waals surface area contributed by atoms with Crippen LogP contribution in [-0.4, -0.2) is 11.6 Å². The van der Waals surface area contributed by atoms with Gasteiger partial charge in [0.2, 0.25) is 0 Å². The first-order chi connectivity index (χ1) is 9.26. The number of ether oxygens (including phenoxy) is 1. The first kappa shape index (κ1) is 12.0. The lowest BCUT2D eigenvalue weighted by Crippen LogP contribution is -1.89. The highest BCUT2D eigenvalue weighted by molar-refractivity contribution is 7.21. The van der Waals surface area contributed by atoms with Gasteiger partial charge in [-0.3, -0.25) is 0 Å². The lowest BCUT2D eigenvalue weighted by atomic mass is 10.2. The molecule has 0 atom stereocenters. The van der Waals surface area contributed by atoms with Crippen molar-refractivity contribution < 1.29 is 4.74 Å². The van der Waals surface area contributed by atoms with Crippen molar-refractivity contribution in [1.29, 1.82) is 0 Å². The van der Waals surface area contributed by atoms with Crippen LogP contribution in [0.3, 0.4) is 0 Å². The van der Waals surface area contributed by atoms with E-state index in [1.165, 1.54) is 0 Å². The Morgan fingerprint density at radius 3 is 2.68 bits per heavy atom. The van der Waals surface area contributed by atoms with Crippen LogP contribution in [-0.2, 0) is 0 Å². The molecule has 0 bridgehead atoms. The quantitative estimate of drug-likeness (QED) is 0.733. The predicted molar refractivity (Wildman–Crippen MR) is 80.6 cm³/mol. The van der Waals surface area contributed by atoms with Gasteiger partial charge in [-0.05, 0) is 49.4 Å². The second kappa shape index (κ2) is 4.90. The van der Waals surface area contributed by atoms with Crippen LogP contribution in [0.1, 0.15) is 6.92 Å². The number of anilines is 1. The number of hydrogen-bond donors (Lipinski definition) is 1. The van der Waals surface area contributed by atoms with Crippen LogP contribution in [0, 0.1) is 0 Å². The molecule has 0 saturated carbocycles. The highest BCUT2D eigenvalue weighted by atomic mass is 32.1. The third-order valence-electron chi connectivity index (χ3n) is 2.83. The molecule has 3 rings (SSSR count). The summed E-state index contributed by atoms with van der Waals surface area (Å²) in [5.41, 5.74) is 8.56. The van der Waals surface area contributed by atoms with E-state index in [0.29, 0.717) is 6.61 Å². The SMILES string of the molecule is CCOc1ccc2nc(-c3ccc(N)cc3)sc2c1. The van der Waals surface area contributed by atoms with E-state index in [-0.39, 0.29) is 0 Å². The summed E-state index contributed by atoms with van der Waals surface area (Å²) >= 11 is 1.66. The zero-order chi connectivity index (χ0) is 13.2. The minimum atomic E-state index is 0.676. The van der Waals surface area contributed by atoms with Gasteiger partial charge in [-0.25, -0.2) is 4.98 Å². The van der Waals surface area contributed by atoms with Gasteiger partial charge in [-0.2, -0.15) is 0 Å². The summed E-state index contributed by atoms with van der Waals surface area (Å²) in [6.07, 6.45) is 0. The molecule has 0 radical (unpaired) electrons. The molecule has 3 nitrogen and oxygen atoms in total. The summed E-state index contributed by atoms with van der Waals surface area (Å²) in [6, 6.07) is 13.8. The van der Waals surface area contributed by atoms with E-state index in [4.69, 9.17) is 10.5 Å². The highest BCUT2D eigenvalue weighted by Gasteiger charge is 2.07. The molecule has 3 aromatic rings. The van der Waals surface area contributed by atoms with Gasteiger partial charge in [0, 0.05) is 11.3 Å². The Bertz CT molecular complexity index is 704. The largest absolute Gasteiger partial charge is 0.494 e. The predicted octanol–water partition coefficient (Wildman–Crippen LogP) is 3.94. The molecular weight excluding hydrogens is 256 g/mol. The fourth-order valence-corrected chi connectivity index (χ4v) is 2.91. The number of thiazole rings is 1. The summed E-state index contributed by atoms with van der Waals surface area (Å²) in [5.74, 6) is 0.891. The third-order valence-corrected chi connectivity index (χ3v) is 3.90. The van der Waals surface area contributed by atoms with E-state index >= 15 is 0 Å². The Kier molecular flexibility index (Phi) is 3.09. The number of nitrogens with zero attached hydrogens (tertiary/aromatic N) is 1. The van der Waals surface area contributed by atoms with Crippen molar-refractivity contribution in [1.82, 2.24) is 4.98 Å². The molecule has 1 aromatic heterocycles. The summed E-state index contributed by atoms with van der Waals surface area (Å²) < 4.78 is 6.64. The molecule has 2 aromatic carbocycles. The Hall–Kier alpha value is -2.07. The third kappa shape index (κ3) is 2.39. The first-order valence-corrected chi connectivity index (χ1v) is 6.97. The van der Waals surface area contributed by atoms with Gasteiger partial charge in [-0.15, -0.1) is 11.3 Å². The number of nitrogens with two attached hydrogens (primary N) is 1. The van der Waals surface area contributed by atoms with Crippen LogP contribution in [0.25, 0.3) is 20.8 Å². The lowest BCUT2D eigenvalue weighted by Gasteiger charge is -2.00. The monoisotopic (exact) mass is 270 g/mol. The molecule has 0 spiro atoms. The summed E-state index contributed by atoms with van der Waals surface area (Å²) in [4.78, 5) is 4.64. The molecule has 2 N–H and O–H groups in total. The van der Waals surface area contributed by atoms with Gasteiger partial charge in [0.1, 0.15) is 10.8 Å². The molecule has 0 unspecified atom stereocenters. The normalized spacial score (nSPS) is 10.8. The number of hydrogen-bond acceptors (Lipinski definition) is 4. The van der Waals surface area contributed by atoms with E-state index in [1.54, 1.807) is 11.3 Å². The zero-order valence-electron chi connectivity index (χ0n) is 10.6. The van der Waals surface area contributed by atoms with Crippen LogP contribution < -0.4 is 10.5 Å². The number of rotatable bonds is 3. The van der Waals surface area contributed by atoms with Crippen molar-refractivity contribution in [3.8, 4) is 16.3 Å². The number of nitrogen functional groups attached to an aromatic ring is 1. The molecule has 0 saturated heterocycles. The Morgan fingerprint density at radius 2 is 1.95 bits per heavy atom. The van der Waals surface area contributed by atoms with E-state index in [2.05, 4.69) is 4.98 Å². The van der Waals surface area contributed by atoms with Crippen LogP contribution in [0.15, 0.2) is 42.5 Å². The van der Waals surface area contributed by atoms with Gasteiger partial charge >= 0.3 is 0 Å².